The summed E-state index contributed by atoms with van der Waals surface area (Å²) >= 11 is 3.47. The highest BCUT2D eigenvalue weighted by molar-refractivity contribution is 9.10. The van der Waals surface area contributed by atoms with Gasteiger partial charge in [-0.25, -0.2) is 4.98 Å². The molecule has 1 fully saturated rings. The lowest BCUT2D eigenvalue weighted by Gasteiger charge is -2.29. The number of carbonyl (C=O) groups is 1. The second kappa shape index (κ2) is 6.43. The van der Waals surface area contributed by atoms with Gasteiger partial charge in [-0.05, 0) is 54.6 Å². The summed E-state index contributed by atoms with van der Waals surface area (Å²) in [7, 11) is 0. The van der Waals surface area contributed by atoms with Crippen LogP contribution in [0.1, 0.15) is 31.7 Å². The summed E-state index contributed by atoms with van der Waals surface area (Å²) in [6.07, 6.45) is 5.03. The normalized spacial score (nSPS) is 16.9. The third-order valence-corrected chi connectivity index (χ3v) is 4.66. The van der Waals surface area contributed by atoms with Gasteiger partial charge >= 0.3 is 0 Å². The number of nitrogens with two attached hydrogens (primary N) is 1. The topological polar surface area (TPSA) is 71.2 Å². The minimum absolute atomic E-state index is 0.132. The Morgan fingerprint density at radius 3 is 2.75 bits per heavy atom. The van der Waals surface area contributed by atoms with E-state index < -0.39 is 0 Å². The van der Waals surface area contributed by atoms with Crippen molar-refractivity contribution in [2.75, 3.05) is 24.1 Å². The van der Waals surface area contributed by atoms with Crippen LogP contribution < -0.4 is 11.1 Å². The highest BCUT2D eigenvalue weighted by Crippen LogP contribution is 2.28. The molecule has 110 valence electrons. The first-order valence-corrected chi connectivity index (χ1v) is 7.76. The van der Waals surface area contributed by atoms with E-state index in [-0.39, 0.29) is 11.9 Å². The monoisotopic (exact) mass is 340 g/mol. The van der Waals surface area contributed by atoms with E-state index >= 15 is 0 Å². The average molecular weight is 341 g/mol. The second-order valence-corrected chi connectivity index (χ2v) is 6.05. The third-order valence-electron chi connectivity index (χ3n) is 3.69. The number of aromatic nitrogens is 1. The first-order valence-electron chi connectivity index (χ1n) is 6.96. The Hall–Kier alpha value is -1.30. The number of halogens is 1. The predicted octanol–water partition coefficient (Wildman–Crippen LogP) is 2.55. The first kappa shape index (κ1) is 15.1. The molecular weight excluding hydrogens is 320 g/mol. The van der Waals surface area contributed by atoms with E-state index in [2.05, 4.69) is 26.2 Å². The van der Waals surface area contributed by atoms with E-state index in [4.69, 9.17) is 5.73 Å². The van der Waals surface area contributed by atoms with Crippen LogP contribution in [0.4, 0.5) is 11.5 Å². The summed E-state index contributed by atoms with van der Waals surface area (Å²) in [6.45, 7) is 5.51. The molecule has 1 aliphatic rings. The Labute approximate surface area is 128 Å². The lowest BCUT2D eigenvalue weighted by atomic mass is 10.1. The van der Waals surface area contributed by atoms with Crippen molar-refractivity contribution in [1.82, 2.24) is 9.88 Å². The van der Waals surface area contributed by atoms with Gasteiger partial charge < -0.3 is 16.0 Å². The van der Waals surface area contributed by atoms with Crippen molar-refractivity contribution in [2.24, 2.45) is 0 Å². The second-order valence-electron chi connectivity index (χ2n) is 5.25. The van der Waals surface area contributed by atoms with Gasteiger partial charge in [-0.1, -0.05) is 0 Å². The molecule has 0 radical (unpaired) electrons. The summed E-state index contributed by atoms with van der Waals surface area (Å²) in [6, 6.07) is -0.292. The number of hydrogen-bond donors (Lipinski definition) is 2. The van der Waals surface area contributed by atoms with E-state index in [1.807, 2.05) is 18.7 Å². The predicted molar refractivity (Wildman–Crippen MR) is 84.6 cm³/mol. The minimum Gasteiger partial charge on any atom is -0.397 e. The highest BCUT2D eigenvalue weighted by Gasteiger charge is 2.23. The summed E-state index contributed by atoms with van der Waals surface area (Å²) in [5.74, 6) is 0.794. The van der Waals surface area contributed by atoms with Gasteiger partial charge in [0.05, 0.1) is 16.4 Å². The molecule has 1 amide bonds. The quantitative estimate of drug-likeness (QED) is 0.886. The molecule has 2 heterocycles. The van der Waals surface area contributed by atoms with E-state index in [1.165, 1.54) is 6.42 Å². The first-order chi connectivity index (χ1) is 9.50. The fourth-order valence-corrected chi connectivity index (χ4v) is 2.79. The van der Waals surface area contributed by atoms with Crippen LogP contribution in [0.3, 0.4) is 0 Å². The zero-order chi connectivity index (χ0) is 14.7. The van der Waals surface area contributed by atoms with Crippen molar-refractivity contribution >= 4 is 33.3 Å². The average Bonchev–Trinajstić information content (AvgIpc) is 2.48. The maximum atomic E-state index is 12.4. The number of nitrogens with one attached hydrogen (secondary N) is 1. The Bertz CT molecular complexity index is 500. The number of carbonyl (C=O) groups excluding carboxylic acids is 1. The van der Waals surface area contributed by atoms with Crippen LogP contribution in [0, 0.1) is 6.92 Å². The van der Waals surface area contributed by atoms with Gasteiger partial charge in [-0.3, -0.25) is 4.79 Å². The van der Waals surface area contributed by atoms with Gasteiger partial charge in [0, 0.05) is 13.1 Å². The van der Waals surface area contributed by atoms with Gasteiger partial charge in [0.25, 0.3) is 0 Å². The van der Waals surface area contributed by atoms with Crippen molar-refractivity contribution < 1.29 is 4.79 Å². The largest absolute Gasteiger partial charge is 0.397 e. The molecule has 3 N–H and O–H groups in total. The van der Waals surface area contributed by atoms with E-state index in [0.29, 0.717) is 11.5 Å². The molecule has 0 aromatic carbocycles. The summed E-state index contributed by atoms with van der Waals surface area (Å²) < 4.78 is 0.816. The number of anilines is 2. The van der Waals surface area contributed by atoms with Crippen molar-refractivity contribution in [3.05, 3.63) is 16.2 Å². The number of hydrogen-bond acceptors (Lipinski definition) is 4. The molecule has 0 spiro atoms. The van der Waals surface area contributed by atoms with E-state index in [1.54, 1.807) is 6.20 Å². The molecule has 1 unspecified atom stereocenters. The maximum absolute atomic E-state index is 12.4. The van der Waals surface area contributed by atoms with Crippen LogP contribution in [0.2, 0.25) is 0 Å². The number of rotatable bonds is 3. The highest BCUT2D eigenvalue weighted by atomic mass is 79.9. The fourth-order valence-electron chi connectivity index (χ4n) is 2.35. The zero-order valence-electron chi connectivity index (χ0n) is 11.9. The molecule has 0 aliphatic carbocycles. The van der Waals surface area contributed by atoms with Crippen LogP contribution in [-0.2, 0) is 4.79 Å². The van der Waals surface area contributed by atoms with Crippen molar-refractivity contribution in [3.63, 3.8) is 0 Å². The SMILES string of the molecule is Cc1c(N)cnc(NC(C)C(=O)N2CCCCC2)c1Br. The number of pyridine rings is 1. The molecule has 1 saturated heterocycles. The number of nitrogens with zero attached hydrogens (tertiary/aromatic N) is 2. The summed E-state index contributed by atoms with van der Waals surface area (Å²) in [5, 5.41) is 3.17. The van der Waals surface area contributed by atoms with Gasteiger partial charge in [-0.2, -0.15) is 0 Å². The van der Waals surface area contributed by atoms with Crippen LogP contribution in [0.5, 0.6) is 0 Å². The summed E-state index contributed by atoms with van der Waals surface area (Å²) in [5.41, 5.74) is 7.37. The third kappa shape index (κ3) is 3.23. The van der Waals surface area contributed by atoms with Gasteiger partial charge in [0.2, 0.25) is 5.91 Å². The van der Waals surface area contributed by atoms with E-state index in [9.17, 15) is 4.79 Å². The lowest BCUT2D eigenvalue weighted by Crippen LogP contribution is -2.44. The molecule has 6 heteroatoms. The molecule has 0 bridgehead atoms. The fraction of sp³-hybridized carbons (Fsp3) is 0.571. The molecule has 1 aromatic rings. The van der Waals surface area contributed by atoms with Crippen molar-refractivity contribution in [3.8, 4) is 0 Å². The molecule has 1 atom stereocenters. The van der Waals surface area contributed by atoms with Gasteiger partial charge in [0.15, 0.2) is 0 Å². The van der Waals surface area contributed by atoms with Crippen LogP contribution in [-0.4, -0.2) is 34.9 Å². The number of nitrogen functional groups attached to an aromatic ring is 1. The molecular formula is C14H21BrN4O. The maximum Gasteiger partial charge on any atom is 0.244 e. The van der Waals surface area contributed by atoms with Crippen molar-refractivity contribution in [2.45, 2.75) is 39.2 Å². The number of likely N-dealkylation sites (tertiary alicyclic amines) is 1. The number of amides is 1. The van der Waals surface area contributed by atoms with Crippen LogP contribution >= 0.6 is 15.9 Å². The Balaban J connectivity index is 2.05. The molecule has 2 rings (SSSR count). The molecule has 20 heavy (non-hydrogen) atoms. The van der Waals surface area contributed by atoms with E-state index in [0.717, 1.165) is 36.0 Å². The molecule has 5 nitrogen and oxygen atoms in total. The lowest BCUT2D eigenvalue weighted by molar-refractivity contribution is -0.132. The minimum atomic E-state index is -0.292. The van der Waals surface area contributed by atoms with Crippen LogP contribution in [0.25, 0.3) is 0 Å². The zero-order valence-corrected chi connectivity index (χ0v) is 13.5. The number of piperidine rings is 1. The smallest absolute Gasteiger partial charge is 0.244 e. The Morgan fingerprint density at radius 2 is 2.10 bits per heavy atom. The molecule has 0 saturated carbocycles. The molecule has 1 aliphatic heterocycles. The van der Waals surface area contributed by atoms with Gasteiger partial charge in [-0.15, -0.1) is 0 Å². The summed E-state index contributed by atoms with van der Waals surface area (Å²) in [4.78, 5) is 18.5. The molecule has 1 aromatic heterocycles. The van der Waals surface area contributed by atoms with Gasteiger partial charge in [0.1, 0.15) is 11.9 Å². The Kier molecular flexibility index (Phi) is 4.86. The Morgan fingerprint density at radius 1 is 1.45 bits per heavy atom. The standard InChI is InChI=1S/C14H21BrN4O/c1-9-11(16)8-17-13(12(9)15)18-10(2)14(20)19-6-4-3-5-7-19/h8,10H,3-7,16H2,1-2H3,(H,17,18). The van der Waals surface area contributed by atoms with Crippen LogP contribution in [0.15, 0.2) is 10.7 Å². The van der Waals surface area contributed by atoms with Crippen molar-refractivity contribution in [1.29, 1.82) is 0 Å².